The molecule has 8 nitrogen and oxygen atoms in total. The molecular weight excluding hydrogens is 528 g/mol. The Bertz CT molecular complexity index is 1390. The van der Waals surface area contributed by atoms with Crippen molar-refractivity contribution < 1.29 is 28.2 Å². The molecule has 0 aliphatic heterocycles. The van der Waals surface area contributed by atoms with Crippen LogP contribution in [-0.4, -0.2) is 50.2 Å². The highest BCUT2D eigenvalue weighted by Crippen LogP contribution is 2.26. The Labute approximate surface area is 249 Å². The number of unbranched alkanes of at least 4 members (excludes halogenated alkanes) is 7. The Hall–Kier alpha value is -4.20. The standard InChI is InChI=1S/C34H44N4O4/c1-35(2)33(39)41-31-17-13-15-27-25-37(23-19-29(27)31)21-11-9-7-5-6-8-10-12-22-38-24-20-30-28(26-38)16-14-18-32(30)42-34(40)36(3)4/h13-20,23-26H,5-12,21-22H2,1-4H3/q+2. The minimum Gasteiger partial charge on any atom is -0.410 e. The number of amides is 2. The van der Waals surface area contributed by atoms with E-state index in [1.54, 1.807) is 28.2 Å². The molecule has 0 bridgehead atoms. The van der Waals surface area contributed by atoms with Crippen molar-refractivity contribution in [2.45, 2.75) is 64.5 Å². The Kier molecular flexibility index (Phi) is 11.1. The van der Waals surface area contributed by atoms with Gasteiger partial charge >= 0.3 is 12.2 Å². The van der Waals surface area contributed by atoms with Gasteiger partial charge in [0.1, 0.15) is 24.6 Å². The molecule has 2 amide bonds. The van der Waals surface area contributed by atoms with Crippen LogP contribution in [0.25, 0.3) is 21.5 Å². The molecule has 2 aromatic carbocycles. The second kappa shape index (κ2) is 15.1. The highest BCUT2D eigenvalue weighted by atomic mass is 16.6. The van der Waals surface area contributed by atoms with Gasteiger partial charge in [-0.2, -0.15) is 0 Å². The smallest absolute Gasteiger partial charge is 0.410 e. The number of aromatic nitrogens is 2. The molecule has 4 aromatic rings. The molecule has 0 N–H and O–H groups in total. The molecule has 222 valence electrons. The molecular formula is C34H44N4O4+2. The zero-order chi connectivity index (χ0) is 29.9. The topological polar surface area (TPSA) is 66.8 Å². The van der Waals surface area contributed by atoms with Crippen LogP contribution in [0.3, 0.4) is 0 Å². The van der Waals surface area contributed by atoms with E-state index in [1.807, 2.05) is 36.4 Å². The number of nitrogens with zero attached hydrogens (tertiary/aromatic N) is 4. The molecule has 0 spiro atoms. The van der Waals surface area contributed by atoms with Crippen molar-refractivity contribution in [3.05, 3.63) is 73.3 Å². The van der Waals surface area contributed by atoms with Crippen LogP contribution >= 0.6 is 0 Å². The Morgan fingerprint density at radius 2 is 0.952 bits per heavy atom. The summed E-state index contributed by atoms with van der Waals surface area (Å²) in [5, 5.41) is 4.03. The first kappa shape index (κ1) is 30.8. The van der Waals surface area contributed by atoms with Crippen LogP contribution in [0, 0.1) is 0 Å². The van der Waals surface area contributed by atoms with Gasteiger partial charge in [-0.25, -0.2) is 18.7 Å². The summed E-state index contributed by atoms with van der Waals surface area (Å²) in [4.78, 5) is 26.8. The number of pyridine rings is 2. The van der Waals surface area contributed by atoms with Gasteiger partial charge in [0, 0.05) is 74.7 Å². The van der Waals surface area contributed by atoms with E-state index in [9.17, 15) is 9.59 Å². The fourth-order valence-electron chi connectivity index (χ4n) is 4.96. The van der Waals surface area contributed by atoms with Gasteiger partial charge in [0.2, 0.25) is 0 Å². The maximum Gasteiger partial charge on any atom is 0.414 e. The summed E-state index contributed by atoms with van der Waals surface area (Å²) in [6.07, 6.45) is 17.5. The number of rotatable bonds is 13. The molecule has 0 unspecified atom stereocenters. The molecule has 4 rings (SSSR count). The van der Waals surface area contributed by atoms with Gasteiger partial charge in [-0.1, -0.05) is 37.8 Å². The Morgan fingerprint density at radius 3 is 1.33 bits per heavy atom. The Morgan fingerprint density at radius 1 is 0.571 bits per heavy atom. The van der Waals surface area contributed by atoms with Crippen molar-refractivity contribution in [3.63, 3.8) is 0 Å². The lowest BCUT2D eigenvalue weighted by Gasteiger charge is -2.12. The van der Waals surface area contributed by atoms with Crippen molar-refractivity contribution in [3.8, 4) is 11.5 Å². The molecule has 0 aliphatic carbocycles. The van der Waals surface area contributed by atoms with Gasteiger partial charge in [-0.3, -0.25) is 0 Å². The summed E-state index contributed by atoms with van der Waals surface area (Å²) in [6.45, 7) is 1.97. The van der Waals surface area contributed by atoms with E-state index in [-0.39, 0.29) is 12.2 Å². The van der Waals surface area contributed by atoms with Crippen molar-refractivity contribution in [1.82, 2.24) is 9.80 Å². The van der Waals surface area contributed by atoms with E-state index >= 15 is 0 Å². The van der Waals surface area contributed by atoms with Gasteiger partial charge in [-0.05, 0) is 37.1 Å². The average molecular weight is 573 g/mol. The fourth-order valence-corrected chi connectivity index (χ4v) is 4.96. The minimum absolute atomic E-state index is 0.371. The van der Waals surface area contributed by atoms with Gasteiger partial charge in [0.15, 0.2) is 24.8 Å². The molecule has 0 saturated heterocycles. The third-order valence-corrected chi connectivity index (χ3v) is 7.38. The predicted molar refractivity (Wildman–Crippen MR) is 165 cm³/mol. The van der Waals surface area contributed by atoms with E-state index < -0.39 is 0 Å². The van der Waals surface area contributed by atoms with Crippen molar-refractivity contribution in [2.24, 2.45) is 0 Å². The number of aryl methyl sites for hydroxylation is 2. The van der Waals surface area contributed by atoms with Crippen LogP contribution in [-0.2, 0) is 13.1 Å². The van der Waals surface area contributed by atoms with Crippen molar-refractivity contribution >= 4 is 33.7 Å². The summed E-state index contributed by atoms with van der Waals surface area (Å²) >= 11 is 0. The summed E-state index contributed by atoms with van der Waals surface area (Å²) < 4.78 is 15.5. The highest BCUT2D eigenvalue weighted by Gasteiger charge is 2.13. The van der Waals surface area contributed by atoms with E-state index in [2.05, 4.69) is 46.1 Å². The minimum atomic E-state index is -0.371. The second-order valence-corrected chi connectivity index (χ2v) is 11.2. The quantitative estimate of drug-likeness (QED) is 0.135. The maximum absolute atomic E-state index is 12.0. The Balaban J connectivity index is 1.11. The van der Waals surface area contributed by atoms with Crippen LogP contribution in [0.2, 0.25) is 0 Å². The number of hydrogen-bond donors (Lipinski definition) is 0. The fraction of sp³-hybridized carbons (Fsp3) is 0.412. The highest BCUT2D eigenvalue weighted by molar-refractivity contribution is 5.89. The van der Waals surface area contributed by atoms with Crippen molar-refractivity contribution in [2.75, 3.05) is 28.2 Å². The predicted octanol–water partition coefficient (Wildman–Crippen LogP) is 6.51. The van der Waals surface area contributed by atoms with Gasteiger partial charge < -0.3 is 19.3 Å². The summed E-state index contributed by atoms with van der Waals surface area (Å²) in [6, 6.07) is 15.7. The molecule has 0 saturated carbocycles. The largest absolute Gasteiger partial charge is 0.414 e. The number of benzene rings is 2. The number of carbonyl (C=O) groups excluding carboxylic acids is 2. The van der Waals surface area contributed by atoms with E-state index in [1.165, 1.54) is 48.3 Å². The monoisotopic (exact) mass is 572 g/mol. The van der Waals surface area contributed by atoms with Crippen molar-refractivity contribution in [1.29, 1.82) is 0 Å². The normalized spacial score (nSPS) is 11.0. The SMILES string of the molecule is CN(C)C(=O)Oc1cccc2c[n+](CCCCCCCCCC[n+]3ccc4c(OC(=O)N(C)C)cccc4c3)ccc12. The van der Waals surface area contributed by atoms with E-state index in [4.69, 9.17) is 9.47 Å². The average Bonchev–Trinajstić information content (AvgIpc) is 2.98. The third-order valence-electron chi connectivity index (χ3n) is 7.38. The van der Waals surface area contributed by atoms with E-state index in [0.29, 0.717) is 11.5 Å². The maximum atomic E-state index is 12.0. The number of hydrogen-bond acceptors (Lipinski definition) is 4. The van der Waals surface area contributed by atoms with Gasteiger partial charge in [0.05, 0.1) is 0 Å². The molecule has 42 heavy (non-hydrogen) atoms. The lowest BCUT2D eigenvalue weighted by atomic mass is 10.1. The van der Waals surface area contributed by atoms with Crippen LogP contribution in [0.1, 0.15) is 51.4 Å². The lowest BCUT2D eigenvalue weighted by molar-refractivity contribution is -0.696. The van der Waals surface area contributed by atoms with Crippen LogP contribution < -0.4 is 18.6 Å². The molecule has 2 aromatic heterocycles. The van der Waals surface area contributed by atoms with Crippen LogP contribution in [0.5, 0.6) is 11.5 Å². The van der Waals surface area contributed by atoms with E-state index in [0.717, 1.165) is 47.5 Å². The third kappa shape index (κ3) is 8.65. The second-order valence-electron chi connectivity index (χ2n) is 11.2. The molecule has 0 radical (unpaired) electrons. The lowest BCUT2D eigenvalue weighted by Crippen LogP contribution is -2.32. The zero-order valence-corrected chi connectivity index (χ0v) is 25.4. The molecule has 8 heteroatoms. The molecule has 0 fully saturated rings. The zero-order valence-electron chi connectivity index (χ0n) is 25.4. The van der Waals surface area contributed by atoms with Crippen LogP contribution in [0.15, 0.2) is 73.3 Å². The number of carbonyl (C=O) groups is 2. The summed E-state index contributed by atoms with van der Waals surface area (Å²) in [7, 11) is 6.72. The van der Waals surface area contributed by atoms with Crippen LogP contribution in [0.4, 0.5) is 9.59 Å². The molecule has 0 aliphatic rings. The first-order chi connectivity index (χ1) is 20.3. The first-order valence-electron chi connectivity index (χ1n) is 14.9. The van der Waals surface area contributed by atoms with Gasteiger partial charge in [-0.15, -0.1) is 0 Å². The van der Waals surface area contributed by atoms with Gasteiger partial charge in [0.25, 0.3) is 0 Å². The molecule has 2 heterocycles. The number of fused-ring (bicyclic) bond motifs is 2. The first-order valence-corrected chi connectivity index (χ1v) is 14.9. The summed E-state index contributed by atoms with van der Waals surface area (Å²) in [5.74, 6) is 1.18. The molecule has 0 atom stereocenters. The number of ether oxygens (including phenoxy) is 2. The summed E-state index contributed by atoms with van der Waals surface area (Å²) in [5.41, 5.74) is 0.